The Morgan fingerprint density at radius 3 is 1.91 bits per heavy atom. The second-order valence-electron chi connectivity index (χ2n) is 1.74. The number of allylic oxidation sites excluding steroid dienone is 1. The van der Waals surface area contributed by atoms with Crippen LogP contribution in [0.25, 0.3) is 0 Å². The summed E-state index contributed by atoms with van der Waals surface area (Å²) in [6.45, 7) is 0.693. The van der Waals surface area contributed by atoms with Crippen LogP contribution in [0.2, 0.25) is 0 Å². The lowest BCUT2D eigenvalue weighted by Crippen LogP contribution is -2.13. The minimum absolute atomic E-state index is 0.693. The number of carboxylic acid groups (broad SMARTS) is 1. The Balaban J connectivity index is 4.82. The molecule has 0 aromatic carbocycles. The van der Waals surface area contributed by atoms with E-state index >= 15 is 0 Å². The van der Waals surface area contributed by atoms with Gasteiger partial charge in [0.1, 0.15) is 4.48 Å². The fourth-order valence-corrected chi connectivity index (χ4v) is 0.510. The maximum Gasteiger partial charge on any atom is 0.413 e. The summed E-state index contributed by atoms with van der Waals surface area (Å²) in [4.78, 5) is 9.98. The third kappa shape index (κ3) is 2.92. The normalized spacial score (nSPS) is 14.3. The molecule has 0 aliphatic rings. The first-order chi connectivity index (χ1) is 4.76. The molecule has 0 radical (unpaired) electrons. The molecule has 0 aromatic heterocycles. The topological polar surface area (TPSA) is 37.3 Å². The zero-order chi connectivity index (χ0) is 9.23. The Bertz CT molecular complexity index is 206. The molecule has 0 saturated carbocycles. The molecule has 1 N–H and O–H groups in total. The molecule has 2 nitrogen and oxygen atoms in total. The van der Waals surface area contributed by atoms with Crippen molar-refractivity contribution in [3.05, 3.63) is 10.1 Å². The molecule has 11 heavy (non-hydrogen) atoms. The SMILES string of the molecule is C/C(=C(\Br)C(=O)O)C(F)(F)F. The van der Waals surface area contributed by atoms with E-state index in [2.05, 4.69) is 15.9 Å². The summed E-state index contributed by atoms with van der Waals surface area (Å²) in [6.07, 6.45) is -4.59. The summed E-state index contributed by atoms with van der Waals surface area (Å²) < 4.78 is 34.3. The molecule has 0 unspecified atom stereocenters. The lowest BCUT2D eigenvalue weighted by molar-refractivity contribution is -0.133. The van der Waals surface area contributed by atoms with Crippen molar-refractivity contribution in [3.8, 4) is 0 Å². The lowest BCUT2D eigenvalue weighted by Gasteiger charge is -2.06. The van der Waals surface area contributed by atoms with Gasteiger partial charge in [0, 0.05) is 0 Å². The van der Waals surface area contributed by atoms with Crippen molar-refractivity contribution < 1.29 is 23.1 Å². The molecule has 0 saturated heterocycles. The maximum absolute atomic E-state index is 11.7. The Kier molecular flexibility index (Phi) is 3.10. The van der Waals surface area contributed by atoms with Crippen LogP contribution in [0.3, 0.4) is 0 Å². The van der Waals surface area contributed by atoms with Gasteiger partial charge >= 0.3 is 12.1 Å². The molecule has 0 heterocycles. The molecule has 0 rings (SSSR count). The lowest BCUT2D eigenvalue weighted by atomic mass is 10.3. The molecule has 0 fully saturated rings. The summed E-state index contributed by atoms with van der Waals surface area (Å²) in [7, 11) is 0. The summed E-state index contributed by atoms with van der Waals surface area (Å²) in [5.41, 5.74) is -1.15. The van der Waals surface area contributed by atoms with Crippen molar-refractivity contribution in [1.29, 1.82) is 0 Å². The predicted molar refractivity (Wildman–Crippen MR) is 35.3 cm³/mol. The van der Waals surface area contributed by atoms with Crippen LogP contribution in [0, 0.1) is 0 Å². The smallest absolute Gasteiger partial charge is 0.413 e. The zero-order valence-corrected chi connectivity index (χ0v) is 6.95. The van der Waals surface area contributed by atoms with Gasteiger partial charge in [0.15, 0.2) is 0 Å². The molecule has 6 heteroatoms. The number of rotatable bonds is 1. The van der Waals surface area contributed by atoms with Crippen molar-refractivity contribution in [2.45, 2.75) is 13.1 Å². The Labute approximate surface area is 68.8 Å². The third-order valence-electron chi connectivity index (χ3n) is 0.942. The van der Waals surface area contributed by atoms with Crippen LogP contribution in [0.5, 0.6) is 0 Å². The van der Waals surface area contributed by atoms with Gasteiger partial charge in [0.05, 0.1) is 5.57 Å². The third-order valence-corrected chi connectivity index (χ3v) is 1.88. The Morgan fingerprint density at radius 1 is 1.45 bits per heavy atom. The van der Waals surface area contributed by atoms with Crippen molar-refractivity contribution in [1.82, 2.24) is 0 Å². The molecule has 0 aliphatic carbocycles. The van der Waals surface area contributed by atoms with Crippen LogP contribution >= 0.6 is 15.9 Å². The van der Waals surface area contributed by atoms with Gasteiger partial charge in [-0.2, -0.15) is 13.2 Å². The number of carboxylic acids is 1. The predicted octanol–water partition coefficient (Wildman–Crippen LogP) is 2.30. The first-order valence-corrected chi connectivity index (χ1v) is 3.23. The van der Waals surface area contributed by atoms with Crippen LogP contribution in [-0.4, -0.2) is 17.3 Å². The minimum Gasteiger partial charge on any atom is -0.477 e. The molecule has 0 amide bonds. The van der Waals surface area contributed by atoms with Crippen molar-refractivity contribution in [3.63, 3.8) is 0 Å². The molecule has 0 bridgehead atoms. The Hall–Kier alpha value is -0.520. The molecular formula is C5H4BrF3O2. The quantitative estimate of drug-likeness (QED) is 0.705. The highest BCUT2D eigenvalue weighted by Gasteiger charge is 2.33. The van der Waals surface area contributed by atoms with Gasteiger partial charge in [-0.3, -0.25) is 0 Å². The van der Waals surface area contributed by atoms with E-state index in [1.807, 2.05) is 0 Å². The van der Waals surface area contributed by atoms with Gasteiger partial charge in [-0.15, -0.1) is 0 Å². The van der Waals surface area contributed by atoms with Gasteiger partial charge in [-0.25, -0.2) is 4.79 Å². The first-order valence-electron chi connectivity index (χ1n) is 2.43. The van der Waals surface area contributed by atoms with Gasteiger partial charge in [-0.1, -0.05) is 0 Å². The minimum atomic E-state index is -4.59. The number of hydrogen-bond acceptors (Lipinski definition) is 1. The van der Waals surface area contributed by atoms with E-state index in [0.29, 0.717) is 6.92 Å². The Morgan fingerprint density at radius 2 is 1.82 bits per heavy atom. The van der Waals surface area contributed by atoms with Gasteiger partial charge < -0.3 is 5.11 Å². The molecule has 0 spiro atoms. The second-order valence-corrected chi connectivity index (χ2v) is 2.53. The van der Waals surface area contributed by atoms with E-state index < -0.39 is 22.2 Å². The largest absolute Gasteiger partial charge is 0.477 e. The van der Waals surface area contributed by atoms with Crippen molar-refractivity contribution in [2.75, 3.05) is 0 Å². The summed E-state index contributed by atoms with van der Waals surface area (Å²) in [6, 6.07) is 0. The van der Waals surface area contributed by atoms with E-state index in [1.54, 1.807) is 0 Å². The van der Waals surface area contributed by atoms with Crippen molar-refractivity contribution >= 4 is 21.9 Å². The average Bonchev–Trinajstić information content (AvgIpc) is 1.82. The highest BCUT2D eigenvalue weighted by molar-refractivity contribution is 9.12. The van der Waals surface area contributed by atoms with E-state index in [4.69, 9.17) is 5.11 Å². The number of carbonyl (C=O) groups is 1. The molecule has 0 atom stereocenters. The summed E-state index contributed by atoms with van der Waals surface area (Å²) in [5.74, 6) is -1.63. The summed E-state index contributed by atoms with van der Waals surface area (Å²) >= 11 is 2.30. The molecular weight excluding hydrogens is 229 g/mol. The van der Waals surface area contributed by atoms with Crippen LogP contribution in [0.1, 0.15) is 6.92 Å². The van der Waals surface area contributed by atoms with Gasteiger partial charge in [0.25, 0.3) is 0 Å². The van der Waals surface area contributed by atoms with Gasteiger partial charge in [0.2, 0.25) is 0 Å². The van der Waals surface area contributed by atoms with E-state index in [1.165, 1.54) is 0 Å². The van der Waals surface area contributed by atoms with Crippen LogP contribution in [-0.2, 0) is 4.79 Å². The van der Waals surface area contributed by atoms with Crippen molar-refractivity contribution in [2.24, 2.45) is 0 Å². The first kappa shape index (κ1) is 10.5. The van der Waals surface area contributed by atoms with Gasteiger partial charge in [-0.05, 0) is 22.9 Å². The average molecular weight is 233 g/mol. The summed E-state index contributed by atoms with van der Waals surface area (Å²) in [5, 5.41) is 8.11. The van der Waals surface area contributed by atoms with E-state index in [-0.39, 0.29) is 0 Å². The fraction of sp³-hybridized carbons (Fsp3) is 0.400. The number of aliphatic carboxylic acids is 1. The molecule has 0 aromatic rings. The zero-order valence-electron chi connectivity index (χ0n) is 5.37. The number of alkyl halides is 3. The highest BCUT2D eigenvalue weighted by atomic mass is 79.9. The second kappa shape index (κ2) is 3.25. The number of hydrogen-bond donors (Lipinski definition) is 1. The fourth-order valence-electron chi connectivity index (χ4n) is 0.285. The highest BCUT2D eigenvalue weighted by Crippen LogP contribution is 2.29. The standard InChI is InChI=1S/C5H4BrF3O2/c1-2(5(7,8)9)3(6)4(10)11/h1H3,(H,10,11)/b3-2+. The van der Waals surface area contributed by atoms with E-state index in [9.17, 15) is 18.0 Å². The maximum atomic E-state index is 11.7. The van der Waals surface area contributed by atoms with Crippen LogP contribution in [0.15, 0.2) is 10.1 Å². The monoisotopic (exact) mass is 232 g/mol. The van der Waals surface area contributed by atoms with Crippen LogP contribution in [0.4, 0.5) is 13.2 Å². The molecule has 64 valence electrons. The molecule has 0 aliphatic heterocycles. The number of halogens is 4. The van der Waals surface area contributed by atoms with Crippen LogP contribution < -0.4 is 0 Å². The van der Waals surface area contributed by atoms with E-state index in [0.717, 1.165) is 0 Å².